The highest BCUT2D eigenvalue weighted by Gasteiger charge is 2.13. The van der Waals surface area contributed by atoms with Gasteiger partial charge in [-0.05, 0) is 56.9 Å². The molecule has 0 aliphatic rings. The van der Waals surface area contributed by atoms with Gasteiger partial charge in [0.15, 0.2) is 0 Å². The third-order valence-corrected chi connectivity index (χ3v) is 3.87. The molecule has 0 saturated carbocycles. The van der Waals surface area contributed by atoms with Gasteiger partial charge in [-0.2, -0.15) is 0 Å². The minimum Gasteiger partial charge on any atom is -0.320 e. The lowest BCUT2D eigenvalue weighted by molar-refractivity contribution is 0.259. The van der Waals surface area contributed by atoms with Gasteiger partial charge in [-0.15, -0.1) is 0 Å². The second-order valence-electron chi connectivity index (χ2n) is 5.18. The molecule has 0 aliphatic carbocycles. The van der Waals surface area contributed by atoms with Crippen LogP contribution in [-0.4, -0.2) is 32.1 Å². The largest absolute Gasteiger partial charge is 0.320 e. The van der Waals surface area contributed by atoms with Crippen molar-refractivity contribution < 1.29 is 0 Å². The molecule has 19 heavy (non-hydrogen) atoms. The van der Waals surface area contributed by atoms with Gasteiger partial charge < -0.3 is 5.32 Å². The second-order valence-corrected chi connectivity index (χ2v) is 5.18. The summed E-state index contributed by atoms with van der Waals surface area (Å²) < 4.78 is 0. The van der Waals surface area contributed by atoms with E-state index in [1.807, 2.05) is 7.05 Å². The lowest BCUT2D eigenvalue weighted by Crippen LogP contribution is -2.26. The fraction of sp³-hybridized carbons (Fsp3) is 0.412. The summed E-state index contributed by atoms with van der Waals surface area (Å²) in [6, 6.07) is 15.7. The third kappa shape index (κ3) is 3.34. The van der Waals surface area contributed by atoms with Crippen LogP contribution in [0.5, 0.6) is 0 Å². The van der Waals surface area contributed by atoms with Gasteiger partial charge in [0.05, 0.1) is 0 Å². The monoisotopic (exact) mass is 256 g/mol. The Bertz CT molecular complexity index is 516. The summed E-state index contributed by atoms with van der Waals surface area (Å²) in [6.45, 7) is 4.49. The molecule has 2 heteroatoms. The van der Waals surface area contributed by atoms with Crippen LogP contribution in [0.4, 0.5) is 0 Å². The Hall–Kier alpha value is -1.38. The van der Waals surface area contributed by atoms with E-state index in [-0.39, 0.29) is 0 Å². The lowest BCUT2D eigenvalue weighted by atomic mass is 9.99. The Morgan fingerprint density at radius 2 is 1.84 bits per heavy atom. The van der Waals surface area contributed by atoms with Crippen molar-refractivity contribution in [1.29, 1.82) is 0 Å². The van der Waals surface area contributed by atoms with E-state index >= 15 is 0 Å². The smallest absolute Gasteiger partial charge is 0.0322 e. The maximum absolute atomic E-state index is 3.20. The normalized spacial score (nSPS) is 13.1. The average molecular weight is 256 g/mol. The number of nitrogens with zero attached hydrogens (tertiary/aromatic N) is 1. The average Bonchev–Trinajstić information content (AvgIpc) is 2.46. The molecule has 0 heterocycles. The molecule has 0 saturated heterocycles. The van der Waals surface area contributed by atoms with Crippen LogP contribution in [0.15, 0.2) is 42.5 Å². The van der Waals surface area contributed by atoms with Gasteiger partial charge in [0.25, 0.3) is 0 Å². The Morgan fingerprint density at radius 1 is 1.11 bits per heavy atom. The number of nitrogens with one attached hydrogen (secondary N) is 1. The topological polar surface area (TPSA) is 15.3 Å². The lowest BCUT2D eigenvalue weighted by Gasteiger charge is -2.26. The minimum atomic E-state index is 0.447. The molecule has 102 valence electrons. The Balaban J connectivity index is 2.18. The number of hydrogen-bond donors (Lipinski definition) is 1. The third-order valence-electron chi connectivity index (χ3n) is 3.87. The molecule has 2 nitrogen and oxygen atoms in total. The Morgan fingerprint density at radius 3 is 2.63 bits per heavy atom. The molecule has 2 rings (SSSR count). The summed E-state index contributed by atoms with van der Waals surface area (Å²) in [5, 5.41) is 5.91. The first-order chi connectivity index (χ1) is 9.24. The standard InChI is InChI=1S/C17H24N2/c1-14(19(3)13-7-12-18-2)16-11-6-9-15-8-4-5-10-17(15)16/h4-6,8-11,14,18H,7,12-13H2,1-3H3. The van der Waals surface area contributed by atoms with Gasteiger partial charge in [-0.25, -0.2) is 0 Å². The van der Waals surface area contributed by atoms with Gasteiger partial charge >= 0.3 is 0 Å². The zero-order valence-electron chi connectivity index (χ0n) is 12.2. The highest BCUT2D eigenvalue weighted by atomic mass is 15.1. The quantitative estimate of drug-likeness (QED) is 0.796. The molecule has 2 aromatic carbocycles. The van der Waals surface area contributed by atoms with E-state index in [4.69, 9.17) is 0 Å². The van der Waals surface area contributed by atoms with Crippen LogP contribution in [0.1, 0.15) is 24.9 Å². The molecule has 0 aromatic heterocycles. The van der Waals surface area contributed by atoms with Gasteiger partial charge in [0.2, 0.25) is 0 Å². The van der Waals surface area contributed by atoms with Gasteiger partial charge in [-0.1, -0.05) is 42.5 Å². The second kappa shape index (κ2) is 6.69. The van der Waals surface area contributed by atoms with Crippen LogP contribution in [0.2, 0.25) is 0 Å². The fourth-order valence-electron chi connectivity index (χ4n) is 2.55. The van der Waals surface area contributed by atoms with Crippen molar-refractivity contribution in [2.75, 3.05) is 27.2 Å². The van der Waals surface area contributed by atoms with Crippen LogP contribution in [0.3, 0.4) is 0 Å². The number of rotatable bonds is 6. The summed E-state index contributed by atoms with van der Waals surface area (Å²) in [5.74, 6) is 0. The Labute approximate surface area is 116 Å². The van der Waals surface area contributed by atoms with E-state index in [1.54, 1.807) is 0 Å². The van der Waals surface area contributed by atoms with E-state index in [9.17, 15) is 0 Å². The zero-order chi connectivity index (χ0) is 13.7. The summed E-state index contributed by atoms with van der Waals surface area (Å²) in [6.07, 6.45) is 1.18. The van der Waals surface area contributed by atoms with Gasteiger partial charge in [0.1, 0.15) is 0 Å². The molecule has 1 unspecified atom stereocenters. The summed E-state index contributed by atoms with van der Waals surface area (Å²) >= 11 is 0. The summed E-state index contributed by atoms with van der Waals surface area (Å²) in [5.41, 5.74) is 1.42. The predicted octanol–water partition coefficient (Wildman–Crippen LogP) is 3.44. The van der Waals surface area contributed by atoms with E-state index in [0.29, 0.717) is 6.04 Å². The van der Waals surface area contributed by atoms with Crippen molar-refractivity contribution >= 4 is 10.8 Å². The maximum atomic E-state index is 3.20. The SMILES string of the molecule is CNCCCN(C)C(C)c1cccc2ccccc12. The predicted molar refractivity (Wildman–Crippen MR) is 83.5 cm³/mol. The van der Waals surface area contributed by atoms with Gasteiger partial charge in [-0.3, -0.25) is 4.90 Å². The molecular weight excluding hydrogens is 232 g/mol. The molecule has 0 bridgehead atoms. The molecule has 0 radical (unpaired) electrons. The minimum absolute atomic E-state index is 0.447. The van der Waals surface area contributed by atoms with Crippen LogP contribution in [-0.2, 0) is 0 Å². The summed E-state index contributed by atoms with van der Waals surface area (Å²) in [4.78, 5) is 2.43. The first-order valence-electron chi connectivity index (χ1n) is 7.06. The van der Waals surface area contributed by atoms with Crippen LogP contribution in [0, 0.1) is 0 Å². The zero-order valence-corrected chi connectivity index (χ0v) is 12.2. The van der Waals surface area contributed by atoms with Gasteiger partial charge in [0, 0.05) is 6.04 Å². The van der Waals surface area contributed by atoms with Crippen molar-refractivity contribution in [2.45, 2.75) is 19.4 Å². The van der Waals surface area contributed by atoms with E-state index < -0.39 is 0 Å². The van der Waals surface area contributed by atoms with Crippen molar-refractivity contribution in [3.05, 3.63) is 48.0 Å². The van der Waals surface area contributed by atoms with Crippen LogP contribution < -0.4 is 5.32 Å². The Kier molecular flexibility index (Phi) is 4.94. The van der Waals surface area contributed by atoms with Crippen LogP contribution >= 0.6 is 0 Å². The summed E-state index contributed by atoms with van der Waals surface area (Å²) in [7, 11) is 4.22. The first-order valence-corrected chi connectivity index (χ1v) is 7.06. The number of hydrogen-bond acceptors (Lipinski definition) is 2. The van der Waals surface area contributed by atoms with Crippen molar-refractivity contribution in [3.63, 3.8) is 0 Å². The molecule has 0 amide bonds. The molecule has 1 N–H and O–H groups in total. The van der Waals surface area contributed by atoms with E-state index in [1.165, 1.54) is 22.8 Å². The highest BCUT2D eigenvalue weighted by molar-refractivity contribution is 5.86. The number of fused-ring (bicyclic) bond motifs is 1. The molecule has 0 spiro atoms. The molecule has 2 aromatic rings. The van der Waals surface area contributed by atoms with Crippen molar-refractivity contribution in [1.82, 2.24) is 10.2 Å². The number of benzene rings is 2. The molecular formula is C17H24N2. The van der Waals surface area contributed by atoms with Crippen molar-refractivity contribution in [2.24, 2.45) is 0 Å². The fourth-order valence-corrected chi connectivity index (χ4v) is 2.55. The molecule has 0 aliphatic heterocycles. The maximum Gasteiger partial charge on any atom is 0.0322 e. The van der Waals surface area contributed by atoms with E-state index in [0.717, 1.165) is 13.1 Å². The highest BCUT2D eigenvalue weighted by Crippen LogP contribution is 2.27. The van der Waals surface area contributed by atoms with E-state index in [2.05, 4.69) is 66.7 Å². The van der Waals surface area contributed by atoms with Crippen molar-refractivity contribution in [3.8, 4) is 0 Å². The first kappa shape index (κ1) is 14.0. The molecule has 1 atom stereocenters. The van der Waals surface area contributed by atoms with Crippen LogP contribution in [0.25, 0.3) is 10.8 Å². The molecule has 0 fully saturated rings.